The quantitative estimate of drug-likeness (QED) is 0.211. The lowest BCUT2D eigenvalue weighted by atomic mass is 10.1. The van der Waals surface area contributed by atoms with Crippen molar-refractivity contribution in [3.8, 4) is 11.3 Å². The summed E-state index contributed by atoms with van der Waals surface area (Å²) in [5.74, 6) is -0.520. The lowest BCUT2D eigenvalue weighted by Gasteiger charge is -2.08. The molecule has 0 atom stereocenters. The molecule has 160 valence electrons. The summed E-state index contributed by atoms with van der Waals surface area (Å²) in [5, 5.41) is 9.51. The number of fused-ring (bicyclic) bond motifs is 1. The average Bonchev–Trinajstić information content (AvgIpc) is 3.21. The molecule has 0 fully saturated rings. The van der Waals surface area contributed by atoms with Crippen molar-refractivity contribution in [1.82, 2.24) is 20.2 Å². The number of hydrogen-bond acceptors (Lipinski definition) is 5. The van der Waals surface area contributed by atoms with E-state index >= 15 is 0 Å². The summed E-state index contributed by atoms with van der Waals surface area (Å²) in [4.78, 5) is 18.5. The number of hydroxylamine groups is 1. The maximum atomic E-state index is 12.3. The third-order valence-electron chi connectivity index (χ3n) is 4.81. The van der Waals surface area contributed by atoms with E-state index < -0.39 is 15.9 Å². The molecule has 0 aliphatic rings. The molecule has 2 heterocycles. The smallest absolute Gasteiger partial charge is 0.243 e. The number of sulfonamides is 1. The zero-order valence-electron chi connectivity index (χ0n) is 16.6. The normalized spacial score (nSPS) is 11.6. The molecule has 0 bridgehead atoms. The van der Waals surface area contributed by atoms with E-state index in [1.54, 1.807) is 17.7 Å². The number of pyridine rings is 1. The van der Waals surface area contributed by atoms with Crippen LogP contribution in [-0.2, 0) is 20.6 Å². The number of rotatable bonds is 11. The number of carbonyl (C=O) groups is 1. The Kier molecular flexibility index (Phi) is 7.56. The summed E-state index contributed by atoms with van der Waals surface area (Å²) in [6, 6.07) is 11.6. The molecule has 0 saturated carbocycles. The average molecular weight is 431 g/mol. The van der Waals surface area contributed by atoms with Crippen LogP contribution in [0.3, 0.4) is 0 Å². The van der Waals surface area contributed by atoms with Crippen molar-refractivity contribution in [2.45, 2.75) is 37.9 Å². The summed E-state index contributed by atoms with van der Waals surface area (Å²) in [6.07, 6.45) is 6.72. The molecule has 0 unspecified atom stereocenters. The molecule has 0 aliphatic carbocycles. The Balaban J connectivity index is 1.45. The fourth-order valence-electron chi connectivity index (χ4n) is 3.21. The van der Waals surface area contributed by atoms with Crippen LogP contribution in [0, 0.1) is 0 Å². The number of H-pyrrole nitrogens is 1. The van der Waals surface area contributed by atoms with Crippen LogP contribution >= 0.6 is 0 Å². The highest BCUT2D eigenvalue weighted by molar-refractivity contribution is 7.88. The molecule has 1 amide bonds. The van der Waals surface area contributed by atoms with Gasteiger partial charge in [-0.15, -0.1) is 0 Å². The molecule has 1 aromatic carbocycles. The van der Waals surface area contributed by atoms with Crippen molar-refractivity contribution in [1.29, 1.82) is 0 Å². The zero-order valence-corrected chi connectivity index (χ0v) is 17.4. The number of unbranched alkanes of at least 4 members (excludes halogenated alkanes) is 3. The third kappa shape index (κ3) is 6.38. The van der Waals surface area contributed by atoms with Crippen LogP contribution in [0.5, 0.6) is 0 Å². The van der Waals surface area contributed by atoms with E-state index in [1.165, 1.54) is 0 Å². The topological polar surface area (TPSA) is 124 Å². The first-order valence-electron chi connectivity index (χ1n) is 9.89. The van der Waals surface area contributed by atoms with E-state index in [4.69, 9.17) is 5.21 Å². The second-order valence-corrected chi connectivity index (χ2v) is 8.99. The summed E-state index contributed by atoms with van der Waals surface area (Å²) >= 11 is 0. The van der Waals surface area contributed by atoms with Gasteiger partial charge in [0, 0.05) is 41.8 Å². The van der Waals surface area contributed by atoms with E-state index in [0.29, 0.717) is 24.9 Å². The maximum Gasteiger partial charge on any atom is 0.243 e. The molecule has 4 N–H and O–H groups in total. The summed E-state index contributed by atoms with van der Waals surface area (Å²) < 4.78 is 27.1. The molecule has 3 aromatic rings. The highest BCUT2D eigenvalue weighted by Crippen LogP contribution is 2.22. The van der Waals surface area contributed by atoms with Gasteiger partial charge in [0.05, 0.1) is 11.4 Å². The van der Waals surface area contributed by atoms with Crippen molar-refractivity contribution < 1.29 is 18.4 Å². The predicted octanol–water partition coefficient (Wildman–Crippen LogP) is 3.11. The van der Waals surface area contributed by atoms with E-state index in [-0.39, 0.29) is 12.2 Å². The van der Waals surface area contributed by atoms with Crippen LogP contribution in [-0.4, -0.2) is 36.0 Å². The second-order valence-electron chi connectivity index (χ2n) is 7.18. The third-order valence-corrected chi connectivity index (χ3v) is 6.17. The van der Waals surface area contributed by atoms with Crippen LogP contribution in [0.15, 0.2) is 48.8 Å². The largest absolute Gasteiger partial charge is 0.361 e. The summed E-state index contributed by atoms with van der Waals surface area (Å²) in [5.41, 5.74) is 5.05. The number of nitrogens with one attached hydrogen (secondary N) is 3. The van der Waals surface area contributed by atoms with Gasteiger partial charge in [-0.1, -0.05) is 25.0 Å². The van der Waals surface area contributed by atoms with Crippen LogP contribution in [0.25, 0.3) is 22.2 Å². The molecule has 0 aliphatic heterocycles. The number of carbonyl (C=O) groups excluding carboxylic acids is 1. The molecule has 9 heteroatoms. The molecule has 2 aromatic heterocycles. The molecule has 0 radical (unpaired) electrons. The fraction of sp³-hybridized carbons (Fsp3) is 0.333. The van der Waals surface area contributed by atoms with Gasteiger partial charge >= 0.3 is 0 Å². The van der Waals surface area contributed by atoms with Crippen molar-refractivity contribution in [2.75, 3.05) is 6.54 Å². The van der Waals surface area contributed by atoms with Crippen molar-refractivity contribution in [3.63, 3.8) is 0 Å². The van der Waals surface area contributed by atoms with Gasteiger partial charge in [0.2, 0.25) is 15.9 Å². The number of aromatic amines is 1. The Morgan fingerprint density at radius 2 is 1.90 bits per heavy atom. The van der Waals surface area contributed by atoms with Gasteiger partial charge < -0.3 is 4.98 Å². The van der Waals surface area contributed by atoms with E-state index in [1.807, 2.05) is 36.5 Å². The van der Waals surface area contributed by atoms with Gasteiger partial charge in [0.1, 0.15) is 0 Å². The summed E-state index contributed by atoms with van der Waals surface area (Å²) in [7, 11) is -3.43. The Morgan fingerprint density at radius 3 is 2.67 bits per heavy atom. The first kappa shape index (κ1) is 21.9. The summed E-state index contributed by atoms with van der Waals surface area (Å²) in [6.45, 7) is 0.358. The van der Waals surface area contributed by atoms with Crippen LogP contribution in [0.4, 0.5) is 0 Å². The Hall–Kier alpha value is -2.75. The lowest BCUT2D eigenvalue weighted by Crippen LogP contribution is -2.26. The van der Waals surface area contributed by atoms with Crippen LogP contribution in [0.2, 0.25) is 0 Å². The molecule has 3 rings (SSSR count). The molecule has 0 spiro atoms. The Labute approximate surface area is 175 Å². The molecule has 8 nitrogen and oxygen atoms in total. The molecule has 0 saturated heterocycles. The minimum atomic E-state index is -3.43. The van der Waals surface area contributed by atoms with Gasteiger partial charge in [-0.2, -0.15) is 0 Å². The highest BCUT2D eigenvalue weighted by Gasteiger charge is 2.12. The first-order valence-corrected chi connectivity index (χ1v) is 11.5. The molecule has 30 heavy (non-hydrogen) atoms. The standard InChI is InChI=1S/C21H26N4O4S/c26-21(25-27)5-3-1-2-4-11-24-30(28,29)15-16-6-8-20(23-14-16)17-7-9-19-18(13-17)10-12-22-19/h6-10,12-14,22,24,27H,1-5,11,15H2,(H,25,26). The van der Waals surface area contributed by atoms with Gasteiger partial charge in [0.25, 0.3) is 0 Å². The number of nitrogens with zero attached hydrogens (tertiary/aromatic N) is 1. The van der Waals surface area contributed by atoms with E-state index in [0.717, 1.165) is 35.0 Å². The number of aromatic nitrogens is 2. The van der Waals surface area contributed by atoms with Crippen molar-refractivity contribution >= 4 is 26.8 Å². The van der Waals surface area contributed by atoms with Gasteiger partial charge in [-0.25, -0.2) is 18.6 Å². The minimum absolute atomic E-state index is 0.117. The second kappa shape index (κ2) is 10.3. The monoisotopic (exact) mass is 430 g/mol. The van der Waals surface area contributed by atoms with Gasteiger partial charge in [-0.05, 0) is 42.7 Å². The molecular weight excluding hydrogens is 404 g/mol. The minimum Gasteiger partial charge on any atom is -0.361 e. The predicted molar refractivity (Wildman–Crippen MR) is 115 cm³/mol. The van der Waals surface area contributed by atoms with Crippen LogP contribution < -0.4 is 10.2 Å². The Bertz CT molecular complexity index is 1080. The van der Waals surface area contributed by atoms with Crippen LogP contribution in [0.1, 0.15) is 37.7 Å². The van der Waals surface area contributed by atoms with Crippen molar-refractivity contribution in [3.05, 3.63) is 54.4 Å². The van der Waals surface area contributed by atoms with E-state index in [9.17, 15) is 13.2 Å². The SMILES string of the molecule is O=C(CCCCCCNS(=O)(=O)Cc1ccc(-c2ccc3[nH]ccc3c2)nc1)NO. The maximum absolute atomic E-state index is 12.3. The number of benzene rings is 1. The van der Waals surface area contributed by atoms with Gasteiger partial charge in [0.15, 0.2) is 0 Å². The lowest BCUT2D eigenvalue weighted by molar-refractivity contribution is -0.129. The molecular formula is C21H26N4O4S. The highest BCUT2D eigenvalue weighted by atomic mass is 32.2. The van der Waals surface area contributed by atoms with Crippen molar-refractivity contribution in [2.24, 2.45) is 0 Å². The number of hydrogen-bond donors (Lipinski definition) is 4. The van der Waals surface area contributed by atoms with E-state index in [2.05, 4.69) is 14.7 Å². The number of amides is 1. The first-order chi connectivity index (χ1) is 14.5. The van der Waals surface area contributed by atoms with Gasteiger partial charge in [-0.3, -0.25) is 15.0 Å². The Morgan fingerprint density at radius 1 is 1.07 bits per heavy atom. The zero-order chi connectivity index (χ0) is 21.4. The fourth-order valence-corrected chi connectivity index (χ4v) is 4.38.